The van der Waals surface area contributed by atoms with Crippen LogP contribution in [0, 0.1) is 3.57 Å². The Labute approximate surface area is 106 Å². The minimum atomic E-state index is -0.127. The molecule has 1 N–H and O–H groups in total. The largest absolute Gasteiger partial charge is 0.377 e. The molecule has 1 fully saturated rings. The quantitative estimate of drug-likeness (QED) is 0.839. The van der Waals surface area contributed by atoms with E-state index in [2.05, 4.69) is 27.9 Å². The number of hydrogen-bond acceptors (Lipinski definition) is 2. The Kier molecular flexibility index (Phi) is 3.48. The van der Waals surface area contributed by atoms with Gasteiger partial charge < -0.3 is 10.1 Å². The van der Waals surface area contributed by atoms with E-state index < -0.39 is 0 Å². The second-order valence-electron chi connectivity index (χ2n) is 3.30. The first-order valence-electron chi connectivity index (χ1n) is 4.51. The summed E-state index contributed by atoms with van der Waals surface area (Å²) in [5, 5.41) is 3.35. The van der Waals surface area contributed by atoms with Crippen molar-refractivity contribution in [3.8, 4) is 0 Å². The summed E-state index contributed by atoms with van der Waals surface area (Å²) in [6, 6.07) is 5.53. The molecule has 1 aromatic carbocycles. The number of nitrogens with one attached hydrogen (secondary N) is 1. The van der Waals surface area contributed by atoms with E-state index in [1.807, 2.05) is 12.1 Å². The van der Waals surface area contributed by atoms with Crippen LogP contribution in [-0.4, -0.2) is 25.2 Å². The Morgan fingerprint density at radius 1 is 1.53 bits per heavy atom. The summed E-state index contributed by atoms with van der Waals surface area (Å²) >= 11 is 8.07. The summed E-state index contributed by atoms with van der Waals surface area (Å²) in [5.41, 5.74) is 0.548. The van der Waals surface area contributed by atoms with Crippen LogP contribution in [0.4, 0.5) is 0 Å². The highest BCUT2D eigenvalue weighted by molar-refractivity contribution is 14.1. The molecule has 0 atom stereocenters. The Morgan fingerprint density at radius 3 is 2.80 bits per heavy atom. The van der Waals surface area contributed by atoms with E-state index in [4.69, 9.17) is 16.3 Å². The van der Waals surface area contributed by atoms with Crippen LogP contribution in [-0.2, 0) is 4.74 Å². The summed E-state index contributed by atoms with van der Waals surface area (Å²) in [6.07, 6.45) is 0. The van der Waals surface area contributed by atoms with Gasteiger partial charge in [0.25, 0.3) is 5.91 Å². The van der Waals surface area contributed by atoms with E-state index in [-0.39, 0.29) is 11.9 Å². The summed E-state index contributed by atoms with van der Waals surface area (Å²) < 4.78 is 5.84. The lowest BCUT2D eigenvalue weighted by atomic mass is 10.2. The Morgan fingerprint density at radius 2 is 2.27 bits per heavy atom. The zero-order valence-electron chi connectivity index (χ0n) is 7.80. The first-order valence-corrected chi connectivity index (χ1v) is 5.97. The Balaban J connectivity index is 2.16. The fraction of sp³-hybridized carbons (Fsp3) is 0.300. The van der Waals surface area contributed by atoms with Gasteiger partial charge in [0.05, 0.1) is 29.8 Å². The lowest BCUT2D eigenvalue weighted by Crippen LogP contribution is -2.48. The molecule has 0 saturated carbocycles. The van der Waals surface area contributed by atoms with Gasteiger partial charge in [-0.25, -0.2) is 0 Å². The zero-order chi connectivity index (χ0) is 10.8. The molecule has 0 bridgehead atoms. The highest BCUT2D eigenvalue weighted by atomic mass is 127. The molecule has 15 heavy (non-hydrogen) atoms. The van der Waals surface area contributed by atoms with Crippen LogP contribution in [0.15, 0.2) is 18.2 Å². The van der Waals surface area contributed by atoms with E-state index in [0.717, 1.165) is 3.57 Å². The summed E-state index contributed by atoms with van der Waals surface area (Å²) in [6.45, 7) is 1.18. The number of carbonyl (C=O) groups excluding carboxylic acids is 1. The SMILES string of the molecule is O=C(NC1COC1)c1c(Cl)cccc1I. The van der Waals surface area contributed by atoms with Gasteiger partial charge in [-0.3, -0.25) is 4.79 Å². The highest BCUT2D eigenvalue weighted by Gasteiger charge is 2.23. The molecule has 1 saturated heterocycles. The molecule has 0 radical (unpaired) electrons. The molecule has 1 aromatic rings. The van der Waals surface area contributed by atoms with E-state index >= 15 is 0 Å². The zero-order valence-corrected chi connectivity index (χ0v) is 10.7. The number of ether oxygens (including phenoxy) is 1. The lowest BCUT2D eigenvalue weighted by Gasteiger charge is -2.27. The van der Waals surface area contributed by atoms with E-state index in [0.29, 0.717) is 23.8 Å². The van der Waals surface area contributed by atoms with Crippen LogP contribution < -0.4 is 5.32 Å². The van der Waals surface area contributed by atoms with Crippen LogP contribution in [0.3, 0.4) is 0 Å². The van der Waals surface area contributed by atoms with Crippen LogP contribution in [0.2, 0.25) is 5.02 Å². The third-order valence-electron chi connectivity index (χ3n) is 2.16. The van der Waals surface area contributed by atoms with Gasteiger partial charge in [0, 0.05) is 3.57 Å². The van der Waals surface area contributed by atoms with Gasteiger partial charge in [0.2, 0.25) is 0 Å². The average Bonchev–Trinajstić information content (AvgIpc) is 2.11. The average molecular weight is 338 g/mol. The van der Waals surface area contributed by atoms with Crippen molar-refractivity contribution < 1.29 is 9.53 Å². The van der Waals surface area contributed by atoms with Gasteiger partial charge in [0.1, 0.15) is 0 Å². The smallest absolute Gasteiger partial charge is 0.254 e. The maximum atomic E-state index is 11.8. The third kappa shape index (κ3) is 2.43. The molecule has 0 spiro atoms. The molecular formula is C10H9ClINO2. The van der Waals surface area contributed by atoms with Crippen LogP contribution in [0.25, 0.3) is 0 Å². The highest BCUT2D eigenvalue weighted by Crippen LogP contribution is 2.21. The number of halogens is 2. The summed E-state index contributed by atoms with van der Waals surface area (Å²) in [4.78, 5) is 11.8. The molecule has 1 aliphatic heterocycles. The monoisotopic (exact) mass is 337 g/mol. The number of rotatable bonds is 2. The van der Waals surface area contributed by atoms with E-state index in [9.17, 15) is 4.79 Å². The molecule has 3 nitrogen and oxygen atoms in total. The molecular weight excluding hydrogens is 328 g/mol. The second-order valence-corrected chi connectivity index (χ2v) is 4.87. The van der Waals surface area contributed by atoms with Crippen LogP contribution in [0.1, 0.15) is 10.4 Å². The normalized spacial score (nSPS) is 15.9. The lowest BCUT2D eigenvalue weighted by molar-refractivity contribution is -0.00347. The molecule has 1 amide bonds. The minimum Gasteiger partial charge on any atom is -0.377 e. The van der Waals surface area contributed by atoms with Gasteiger partial charge in [-0.05, 0) is 34.7 Å². The summed E-state index contributed by atoms with van der Waals surface area (Å²) in [7, 11) is 0. The number of carbonyl (C=O) groups is 1. The third-order valence-corrected chi connectivity index (χ3v) is 3.38. The fourth-order valence-corrected chi connectivity index (χ4v) is 2.45. The van der Waals surface area contributed by atoms with Crippen molar-refractivity contribution in [1.29, 1.82) is 0 Å². The van der Waals surface area contributed by atoms with Crippen molar-refractivity contribution in [1.82, 2.24) is 5.32 Å². The van der Waals surface area contributed by atoms with E-state index in [1.54, 1.807) is 6.07 Å². The van der Waals surface area contributed by atoms with Gasteiger partial charge in [-0.2, -0.15) is 0 Å². The Bertz CT molecular complexity index is 373. The van der Waals surface area contributed by atoms with Crippen molar-refractivity contribution in [2.24, 2.45) is 0 Å². The first kappa shape index (κ1) is 11.2. The molecule has 0 aliphatic carbocycles. The second kappa shape index (κ2) is 4.67. The predicted molar refractivity (Wildman–Crippen MR) is 66.2 cm³/mol. The number of benzene rings is 1. The van der Waals surface area contributed by atoms with Crippen molar-refractivity contribution in [2.45, 2.75) is 6.04 Å². The maximum absolute atomic E-state index is 11.8. The molecule has 5 heteroatoms. The molecule has 0 aromatic heterocycles. The molecule has 2 rings (SSSR count). The topological polar surface area (TPSA) is 38.3 Å². The molecule has 0 unspecified atom stereocenters. The van der Waals surface area contributed by atoms with Gasteiger partial charge in [-0.1, -0.05) is 17.7 Å². The van der Waals surface area contributed by atoms with Gasteiger partial charge in [-0.15, -0.1) is 0 Å². The first-order chi connectivity index (χ1) is 7.18. The van der Waals surface area contributed by atoms with E-state index in [1.165, 1.54) is 0 Å². The van der Waals surface area contributed by atoms with Crippen LogP contribution in [0.5, 0.6) is 0 Å². The molecule has 1 heterocycles. The summed E-state index contributed by atoms with van der Waals surface area (Å²) in [5.74, 6) is -0.127. The predicted octanol–water partition coefficient (Wildman–Crippen LogP) is 2.07. The van der Waals surface area contributed by atoms with Crippen LogP contribution >= 0.6 is 34.2 Å². The van der Waals surface area contributed by atoms with Crippen molar-refractivity contribution >= 4 is 40.1 Å². The molecule has 80 valence electrons. The Hall–Kier alpha value is -0.330. The standard InChI is InChI=1S/C10H9ClINO2/c11-7-2-1-3-8(12)9(7)10(14)13-6-4-15-5-6/h1-3,6H,4-5H2,(H,13,14). The minimum absolute atomic E-state index is 0.127. The van der Waals surface area contributed by atoms with Crippen molar-refractivity contribution in [3.05, 3.63) is 32.4 Å². The molecule has 1 aliphatic rings. The number of hydrogen-bond donors (Lipinski definition) is 1. The number of amides is 1. The van der Waals surface area contributed by atoms with Crippen molar-refractivity contribution in [2.75, 3.05) is 13.2 Å². The van der Waals surface area contributed by atoms with Gasteiger partial charge in [0.15, 0.2) is 0 Å². The van der Waals surface area contributed by atoms with Gasteiger partial charge >= 0.3 is 0 Å². The fourth-order valence-electron chi connectivity index (χ4n) is 1.29. The van der Waals surface area contributed by atoms with Crippen molar-refractivity contribution in [3.63, 3.8) is 0 Å². The maximum Gasteiger partial charge on any atom is 0.254 e.